The fourth-order valence-corrected chi connectivity index (χ4v) is 2.29. The Kier molecular flexibility index (Phi) is 4.23. The Morgan fingerprint density at radius 1 is 1.38 bits per heavy atom. The van der Waals surface area contributed by atoms with Gasteiger partial charge in [0.15, 0.2) is 0 Å². The fourth-order valence-electron chi connectivity index (χ4n) is 2.05. The molecule has 1 unspecified atom stereocenters. The van der Waals surface area contributed by atoms with Crippen LogP contribution in [0.5, 0.6) is 0 Å². The van der Waals surface area contributed by atoms with Gasteiger partial charge < -0.3 is 11.1 Å². The van der Waals surface area contributed by atoms with Gasteiger partial charge in [0.1, 0.15) is 0 Å². The first kappa shape index (κ1) is 15.4. The molecule has 2 rings (SSSR count). The summed E-state index contributed by atoms with van der Waals surface area (Å²) in [5, 5.41) is 3.89. The molecule has 1 aromatic carbocycles. The van der Waals surface area contributed by atoms with Crippen molar-refractivity contribution in [2.24, 2.45) is 11.1 Å². The van der Waals surface area contributed by atoms with Crippen LogP contribution in [0, 0.1) is 12.3 Å². The second-order valence-corrected chi connectivity index (χ2v) is 5.77. The Morgan fingerprint density at radius 3 is 2.71 bits per heavy atom. The second kappa shape index (κ2) is 5.77. The van der Waals surface area contributed by atoms with Crippen LogP contribution in [-0.2, 0) is 4.79 Å². The summed E-state index contributed by atoms with van der Waals surface area (Å²) in [6, 6.07) is 9.62. The van der Waals surface area contributed by atoms with Crippen LogP contribution in [0.15, 0.2) is 30.3 Å². The number of hydrogen-bond donors (Lipinski definition) is 2. The Labute approximate surface area is 129 Å². The van der Waals surface area contributed by atoms with Crippen LogP contribution < -0.4 is 11.1 Å². The maximum atomic E-state index is 12.5. The lowest BCUT2D eigenvalue weighted by molar-refractivity contribution is -0.121. The number of benzene rings is 1. The third-order valence-corrected chi connectivity index (χ3v) is 4.31. The predicted molar refractivity (Wildman–Crippen MR) is 90.3 cm³/mol. The third kappa shape index (κ3) is 2.88. The number of nitrogens with zero attached hydrogens (tertiary/aromatic N) is 1. The van der Waals surface area contributed by atoms with E-state index in [0.717, 1.165) is 16.6 Å². The Morgan fingerprint density at radius 2 is 2.10 bits per heavy atom. The smallest absolute Gasteiger partial charge is 0.237 e. The van der Waals surface area contributed by atoms with Crippen molar-refractivity contribution in [1.82, 2.24) is 4.98 Å². The lowest BCUT2D eigenvalue weighted by Crippen LogP contribution is -2.43. The molecule has 2 aromatic rings. The van der Waals surface area contributed by atoms with Crippen LogP contribution in [0.1, 0.15) is 26.0 Å². The van der Waals surface area contributed by atoms with Crippen molar-refractivity contribution in [1.29, 1.82) is 0 Å². The number of thiocarbonyl (C=S) groups is 1. The maximum absolute atomic E-state index is 12.5. The molecule has 1 amide bonds. The SMILES string of the molecule is CCC(C)(C(=O)Nc1cccc2ccc(C)nc12)C(N)=S. The number of para-hydroxylation sites is 1. The van der Waals surface area contributed by atoms with E-state index in [4.69, 9.17) is 18.0 Å². The van der Waals surface area contributed by atoms with E-state index in [2.05, 4.69) is 10.3 Å². The Bertz CT molecular complexity index is 714. The molecule has 5 heteroatoms. The van der Waals surface area contributed by atoms with E-state index in [-0.39, 0.29) is 10.9 Å². The average Bonchev–Trinajstić information content (AvgIpc) is 2.46. The highest BCUT2D eigenvalue weighted by atomic mass is 32.1. The van der Waals surface area contributed by atoms with Gasteiger partial charge in [0.05, 0.1) is 21.6 Å². The van der Waals surface area contributed by atoms with Gasteiger partial charge in [-0.15, -0.1) is 0 Å². The number of aromatic nitrogens is 1. The highest BCUT2D eigenvalue weighted by Gasteiger charge is 2.34. The van der Waals surface area contributed by atoms with Gasteiger partial charge in [0.25, 0.3) is 0 Å². The molecule has 0 aliphatic heterocycles. The second-order valence-electron chi connectivity index (χ2n) is 5.33. The van der Waals surface area contributed by atoms with Gasteiger partial charge in [0.2, 0.25) is 5.91 Å². The summed E-state index contributed by atoms with van der Waals surface area (Å²) in [4.78, 5) is 17.2. The van der Waals surface area contributed by atoms with Crippen LogP contribution in [0.3, 0.4) is 0 Å². The molecule has 110 valence electrons. The molecule has 3 N–H and O–H groups in total. The number of carbonyl (C=O) groups excluding carboxylic acids is 1. The van der Waals surface area contributed by atoms with E-state index in [1.165, 1.54) is 0 Å². The van der Waals surface area contributed by atoms with Crippen molar-refractivity contribution < 1.29 is 4.79 Å². The summed E-state index contributed by atoms with van der Waals surface area (Å²) < 4.78 is 0. The predicted octanol–water partition coefficient (Wildman–Crippen LogP) is 3.18. The number of amides is 1. The molecule has 21 heavy (non-hydrogen) atoms. The van der Waals surface area contributed by atoms with Crippen molar-refractivity contribution in [2.45, 2.75) is 27.2 Å². The highest BCUT2D eigenvalue weighted by Crippen LogP contribution is 2.27. The molecule has 0 bridgehead atoms. The number of carbonyl (C=O) groups is 1. The molecule has 0 aliphatic rings. The van der Waals surface area contributed by atoms with Gasteiger partial charge >= 0.3 is 0 Å². The van der Waals surface area contributed by atoms with Gasteiger partial charge in [-0.25, -0.2) is 0 Å². The number of rotatable bonds is 4. The number of nitrogens with one attached hydrogen (secondary N) is 1. The molecule has 0 saturated carbocycles. The minimum Gasteiger partial charge on any atom is -0.392 e. The zero-order valence-corrected chi connectivity index (χ0v) is 13.3. The molecule has 1 aromatic heterocycles. The molecule has 1 heterocycles. The van der Waals surface area contributed by atoms with Crippen molar-refractivity contribution in [2.75, 3.05) is 5.32 Å². The van der Waals surface area contributed by atoms with E-state index in [1.54, 1.807) is 6.92 Å². The summed E-state index contributed by atoms with van der Waals surface area (Å²) >= 11 is 5.04. The van der Waals surface area contributed by atoms with Crippen LogP contribution in [0.2, 0.25) is 0 Å². The van der Waals surface area contributed by atoms with Crippen LogP contribution in [-0.4, -0.2) is 15.9 Å². The zero-order valence-electron chi connectivity index (χ0n) is 12.4. The maximum Gasteiger partial charge on any atom is 0.237 e. The Hall–Kier alpha value is -2.01. The number of nitrogens with two attached hydrogens (primary N) is 1. The summed E-state index contributed by atoms with van der Waals surface area (Å²) in [5.74, 6) is -0.201. The summed E-state index contributed by atoms with van der Waals surface area (Å²) in [5.41, 5.74) is 7.22. The van der Waals surface area contributed by atoms with E-state index in [0.29, 0.717) is 12.1 Å². The molecule has 0 aliphatic carbocycles. The largest absolute Gasteiger partial charge is 0.392 e. The van der Waals surface area contributed by atoms with Gasteiger partial charge in [-0.05, 0) is 32.4 Å². The minimum absolute atomic E-state index is 0.201. The molecular weight excluding hydrogens is 282 g/mol. The summed E-state index contributed by atoms with van der Waals surface area (Å²) in [7, 11) is 0. The fraction of sp³-hybridized carbons (Fsp3) is 0.312. The number of anilines is 1. The topological polar surface area (TPSA) is 68.0 Å². The lowest BCUT2D eigenvalue weighted by atomic mass is 9.86. The zero-order chi connectivity index (χ0) is 15.6. The Balaban J connectivity index is 2.42. The molecular formula is C16H19N3OS. The van der Waals surface area contributed by atoms with Crippen molar-refractivity contribution >= 4 is 39.7 Å². The molecule has 0 fully saturated rings. The van der Waals surface area contributed by atoms with Crippen LogP contribution >= 0.6 is 12.2 Å². The minimum atomic E-state index is -0.860. The van der Waals surface area contributed by atoms with Gasteiger partial charge in [0, 0.05) is 11.1 Å². The molecule has 0 radical (unpaired) electrons. The molecule has 1 atom stereocenters. The third-order valence-electron chi connectivity index (χ3n) is 3.86. The van der Waals surface area contributed by atoms with E-state index in [1.807, 2.05) is 44.2 Å². The standard InChI is InChI=1S/C16H19N3OS/c1-4-16(3,14(17)21)15(20)19-12-7-5-6-11-9-8-10(2)18-13(11)12/h5-9H,4H2,1-3H3,(H2,17,21)(H,19,20). The monoisotopic (exact) mass is 301 g/mol. The summed E-state index contributed by atoms with van der Waals surface area (Å²) in [6.45, 7) is 5.57. The normalized spacial score (nSPS) is 13.7. The van der Waals surface area contributed by atoms with E-state index >= 15 is 0 Å². The number of fused-ring (bicyclic) bond motifs is 1. The first-order valence-electron chi connectivity index (χ1n) is 6.86. The first-order valence-corrected chi connectivity index (χ1v) is 7.27. The van der Waals surface area contributed by atoms with Crippen LogP contribution in [0.4, 0.5) is 5.69 Å². The summed E-state index contributed by atoms with van der Waals surface area (Å²) in [6.07, 6.45) is 0.547. The first-order chi connectivity index (χ1) is 9.88. The molecule has 4 nitrogen and oxygen atoms in total. The van der Waals surface area contributed by atoms with Crippen molar-refractivity contribution in [3.8, 4) is 0 Å². The van der Waals surface area contributed by atoms with Gasteiger partial charge in [-0.1, -0.05) is 37.3 Å². The van der Waals surface area contributed by atoms with Gasteiger partial charge in [-0.2, -0.15) is 0 Å². The van der Waals surface area contributed by atoms with Crippen LogP contribution in [0.25, 0.3) is 10.9 Å². The van der Waals surface area contributed by atoms with Crippen molar-refractivity contribution in [3.05, 3.63) is 36.0 Å². The lowest BCUT2D eigenvalue weighted by Gasteiger charge is -2.25. The van der Waals surface area contributed by atoms with Gasteiger partial charge in [-0.3, -0.25) is 9.78 Å². The molecule has 0 spiro atoms. The number of hydrogen-bond acceptors (Lipinski definition) is 3. The average molecular weight is 301 g/mol. The van der Waals surface area contributed by atoms with E-state index in [9.17, 15) is 4.79 Å². The highest BCUT2D eigenvalue weighted by molar-refractivity contribution is 7.80. The van der Waals surface area contributed by atoms with E-state index < -0.39 is 5.41 Å². The molecule has 0 saturated heterocycles. The quantitative estimate of drug-likeness (QED) is 0.851. The number of aryl methyl sites for hydroxylation is 1. The number of pyridine rings is 1. The van der Waals surface area contributed by atoms with Crippen molar-refractivity contribution in [3.63, 3.8) is 0 Å².